The molecule has 0 aliphatic heterocycles. The maximum atomic E-state index is 13.9. The Morgan fingerprint density at radius 3 is 1.19 bits per heavy atom. The molecule has 0 bridgehead atoms. The van der Waals surface area contributed by atoms with E-state index in [4.69, 9.17) is 0 Å². The molecule has 0 saturated heterocycles. The number of benzene rings is 1. The third-order valence-corrected chi connectivity index (χ3v) is 4.16. The standard InChI is InChI=1S/C16H10F15O/c1-2-3-9(32)10-7(12(19,20)15(26,27)28)4-6(11(17,18)14(23,24)25)5-8(10)13(21,22)16(29,30)31/h4-5,9H,2-3H2,1H3. The lowest BCUT2D eigenvalue weighted by molar-refractivity contribution is -0.296. The average molecular weight is 503 g/mol. The Balaban J connectivity index is 4.31. The molecule has 0 saturated carbocycles. The summed E-state index contributed by atoms with van der Waals surface area (Å²) in [5.41, 5.74) is -11.9. The number of alkyl halides is 15. The maximum Gasteiger partial charge on any atom is 0.458 e. The van der Waals surface area contributed by atoms with E-state index in [1.807, 2.05) is 0 Å². The minimum absolute atomic E-state index is 0.470. The predicted molar refractivity (Wildman–Crippen MR) is 74.6 cm³/mol. The van der Waals surface area contributed by atoms with E-state index in [0.717, 1.165) is 6.92 Å². The van der Waals surface area contributed by atoms with Crippen LogP contribution in [0.3, 0.4) is 0 Å². The first-order valence-corrected chi connectivity index (χ1v) is 8.13. The molecular weight excluding hydrogens is 493 g/mol. The Bertz CT molecular complexity index is 769. The van der Waals surface area contributed by atoms with Gasteiger partial charge >= 0.3 is 36.3 Å². The molecule has 0 amide bonds. The fourth-order valence-corrected chi connectivity index (χ4v) is 2.58. The summed E-state index contributed by atoms with van der Waals surface area (Å²) in [5.74, 6) is -19.5. The maximum absolute atomic E-state index is 13.9. The second-order valence-electron chi connectivity index (χ2n) is 6.48. The van der Waals surface area contributed by atoms with Gasteiger partial charge in [0.2, 0.25) is 0 Å². The van der Waals surface area contributed by atoms with E-state index in [2.05, 4.69) is 0 Å². The molecule has 0 heterocycles. The van der Waals surface area contributed by atoms with Crippen molar-refractivity contribution in [2.45, 2.75) is 62.2 Å². The smallest absolute Gasteiger partial charge is 0.228 e. The second-order valence-corrected chi connectivity index (χ2v) is 6.48. The summed E-state index contributed by atoms with van der Waals surface area (Å²) in [6.07, 6.45) is -25.3. The van der Waals surface area contributed by atoms with E-state index >= 15 is 0 Å². The summed E-state index contributed by atoms with van der Waals surface area (Å²) in [6.45, 7) is 1.04. The molecule has 1 unspecified atom stereocenters. The van der Waals surface area contributed by atoms with E-state index < -0.39 is 89.6 Å². The number of hydrogen-bond donors (Lipinski definition) is 0. The zero-order chi connectivity index (χ0) is 25.7. The van der Waals surface area contributed by atoms with Crippen LogP contribution < -0.4 is 0 Å². The Kier molecular flexibility index (Phi) is 7.19. The third-order valence-electron chi connectivity index (χ3n) is 4.16. The normalized spacial score (nSPS) is 15.8. The van der Waals surface area contributed by atoms with Crippen molar-refractivity contribution in [3.8, 4) is 0 Å². The van der Waals surface area contributed by atoms with Crippen LogP contribution in [0.15, 0.2) is 12.1 Å². The van der Waals surface area contributed by atoms with Crippen LogP contribution in [-0.4, -0.2) is 18.5 Å². The lowest BCUT2D eigenvalue weighted by Gasteiger charge is -2.31. The zero-order valence-corrected chi connectivity index (χ0v) is 15.2. The molecule has 32 heavy (non-hydrogen) atoms. The van der Waals surface area contributed by atoms with Crippen molar-refractivity contribution in [2.75, 3.05) is 0 Å². The predicted octanol–water partition coefficient (Wildman–Crippen LogP) is 7.92. The van der Waals surface area contributed by atoms with Gasteiger partial charge in [-0.1, -0.05) is 13.3 Å². The molecule has 0 spiro atoms. The Hall–Kier alpha value is -1.87. The summed E-state index contributed by atoms with van der Waals surface area (Å²) in [5, 5.41) is 12.1. The molecule has 1 aromatic rings. The van der Waals surface area contributed by atoms with Crippen LogP contribution in [0.5, 0.6) is 0 Å². The van der Waals surface area contributed by atoms with Gasteiger partial charge in [0, 0.05) is 22.3 Å². The molecule has 0 aliphatic carbocycles. The van der Waals surface area contributed by atoms with Gasteiger partial charge in [-0.25, -0.2) is 5.11 Å². The molecule has 0 N–H and O–H groups in total. The van der Waals surface area contributed by atoms with Crippen LogP contribution in [-0.2, 0) is 22.9 Å². The monoisotopic (exact) mass is 503 g/mol. The number of rotatable bonds is 6. The van der Waals surface area contributed by atoms with Gasteiger partial charge in [0.15, 0.2) is 0 Å². The largest absolute Gasteiger partial charge is 0.458 e. The van der Waals surface area contributed by atoms with Gasteiger partial charge in [-0.05, 0) is 18.6 Å². The summed E-state index contributed by atoms with van der Waals surface area (Å²) in [6, 6.07) is -2.46. The Morgan fingerprint density at radius 2 is 0.938 bits per heavy atom. The van der Waals surface area contributed by atoms with Crippen LogP contribution in [0.4, 0.5) is 65.9 Å². The Labute approximate surface area is 168 Å². The molecule has 0 aromatic heterocycles. The van der Waals surface area contributed by atoms with Crippen molar-refractivity contribution in [3.63, 3.8) is 0 Å². The van der Waals surface area contributed by atoms with E-state index in [0.29, 0.717) is 0 Å². The SMILES string of the molecule is CCCC([O])c1c(C(F)(F)C(F)(F)F)cc(C(F)(F)C(F)(F)F)cc1C(F)(F)C(F)(F)F. The quantitative estimate of drug-likeness (QED) is 0.352. The summed E-state index contributed by atoms with van der Waals surface area (Å²) in [4.78, 5) is 0. The highest BCUT2D eigenvalue weighted by molar-refractivity contribution is 5.48. The third kappa shape index (κ3) is 4.73. The first-order chi connectivity index (χ1) is 13.9. The lowest BCUT2D eigenvalue weighted by atomic mass is 9.84. The molecule has 1 radical (unpaired) electrons. The minimum atomic E-state index is -6.86. The van der Waals surface area contributed by atoms with Gasteiger partial charge in [-0.2, -0.15) is 65.9 Å². The number of hydrogen-bond acceptors (Lipinski definition) is 0. The number of halogens is 15. The van der Waals surface area contributed by atoms with Crippen molar-refractivity contribution >= 4 is 0 Å². The van der Waals surface area contributed by atoms with Gasteiger partial charge < -0.3 is 0 Å². The van der Waals surface area contributed by atoms with Crippen LogP contribution >= 0.6 is 0 Å². The Morgan fingerprint density at radius 1 is 0.625 bits per heavy atom. The molecule has 1 aromatic carbocycles. The van der Waals surface area contributed by atoms with Crippen LogP contribution in [0, 0.1) is 0 Å². The van der Waals surface area contributed by atoms with Crippen molar-refractivity contribution in [2.24, 2.45) is 0 Å². The van der Waals surface area contributed by atoms with Gasteiger partial charge in [-0.3, -0.25) is 0 Å². The summed E-state index contributed by atoms with van der Waals surface area (Å²) >= 11 is 0. The molecule has 0 fully saturated rings. The van der Waals surface area contributed by atoms with E-state index in [1.165, 1.54) is 0 Å². The fourth-order valence-electron chi connectivity index (χ4n) is 2.58. The lowest BCUT2D eigenvalue weighted by Crippen LogP contribution is -2.41. The fraction of sp³-hybridized carbons (Fsp3) is 0.625. The summed E-state index contributed by atoms with van der Waals surface area (Å²) < 4.78 is 198. The van der Waals surface area contributed by atoms with E-state index in [9.17, 15) is 71.0 Å². The highest BCUT2D eigenvalue weighted by atomic mass is 19.4. The zero-order valence-electron chi connectivity index (χ0n) is 15.2. The molecule has 0 aliphatic rings. The molecule has 16 heteroatoms. The van der Waals surface area contributed by atoms with Crippen molar-refractivity contribution in [1.82, 2.24) is 0 Å². The van der Waals surface area contributed by atoms with Crippen LogP contribution in [0.1, 0.15) is 48.1 Å². The topological polar surface area (TPSA) is 19.9 Å². The first-order valence-electron chi connectivity index (χ1n) is 8.13. The second kappa shape index (κ2) is 8.17. The minimum Gasteiger partial charge on any atom is -0.228 e. The van der Waals surface area contributed by atoms with Crippen molar-refractivity contribution in [1.29, 1.82) is 0 Å². The molecule has 1 rings (SSSR count). The van der Waals surface area contributed by atoms with Gasteiger partial charge in [-0.15, -0.1) is 0 Å². The molecule has 185 valence electrons. The van der Waals surface area contributed by atoms with Gasteiger partial charge in [0.05, 0.1) is 0 Å². The van der Waals surface area contributed by atoms with Crippen LogP contribution in [0.2, 0.25) is 0 Å². The molecular formula is C16H10F15O. The van der Waals surface area contributed by atoms with Crippen molar-refractivity contribution in [3.05, 3.63) is 34.4 Å². The van der Waals surface area contributed by atoms with Crippen LogP contribution in [0.25, 0.3) is 0 Å². The molecule has 1 atom stereocenters. The highest BCUT2D eigenvalue weighted by Crippen LogP contribution is 2.55. The first kappa shape index (κ1) is 28.2. The van der Waals surface area contributed by atoms with Gasteiger partial charge in [0.1, 0.15) is 6.10 Å². The highest BCUT2D eigenvalue weighted by Gasteiger charge is 2.66. The van der Waals surface area contributed by atoms with Crippen molar-refractivity contribution < 1.29 is 71.0 Å². The van der Waals surface area contributed by atoms with Gasteiger partial charge in [0.25, 0.3) is 0 Å². The van der Waals surface area contributed by atoms with E-state index in [1.54, 1.807) is 0 Å². The average Bonchev–Trinajstić information content (AvgIpc) is 2.57. The summed E-state index contributed by atoms with van der Waals surface area (Å²) in [7, 11) is 0. The van der Waals surface area contributed by atoms with E-state index in [-0.39, 0.29) is 0 Å². The molecule has 1 nitrogen and oxygen atoms in total.